The van der Waals surface area contributed by atoms with Crippen LogP contribution in [0.5, 0.6) is 0 Å². The molecular formula is C26H20Cl2N2O4. The summed E-state index contributed by atoms with van der Waals surface area (Å²) in [5.41, 5.74) is 0.127. The molecule has 5 rings (SSSR count). The number of fused-ring (bicyclic) bond motifs is 1. The Labute approximate surface area is 206 Å². The first-order valence-corrected chi connectivity index (χ1v) is 11.4. The molecule has 1 N–H and O–H groups in total. The monoisotopic (exact) mass is 494 g/mol. The van der Waals surface area contributed by atoms with E-state index in [0.29, 0.717) is 21.3 Å². The molecule has 0 aromatic heterocycles. The van der Waals surface area contributed by atoms with Gasteiger partial charge in [-0.3, -0.25) is 14.9 Å². The molecule has 0 radical (unpaired) electrons. The highest BCUT2D eigenvalue weighted by atomic mass is 35.5. The molecule has 0 unspecified atom stereocenters. The van der Waals surface area contributed by atoms with Gasteiger partial charge in [-0.2, -0.15) is 0 Å². The molecule has 8 heteroatoms. The summed E-state index contributed by atoms with van der Waals surface area (Å²) in [5, 5.41) is 4.37. The Balaban J connectivity index is 1.72. The Bertz CT molecular complexity index is 1260. The molecule has 172 valence electrons. The fraction of sp³-hybridized carbons (Fsp3) is 0.192. The zero-order chi connectivity index (χ0) is 24.0. The fourth-order valence-electron chi connectivity index (χ4n) is 5.14. The number of carbonyl (C=O) groups is 3. The van der Waals surface area contributed by atoms with Crippen molar-refractivity contribution in [2.24, 2.45) is 11.8 Å². The van der Waals surface area contributed by atoms with Crippen LogP contribution < -0.4 is 10.2 Å². The van der Waals surface area contributed by atoms with Crippen molar-refractivity contribution in [1.82, 2.24) is 5.32 Å². The molecule has 0 spiro atoms. The summed E-state index contributed by atoms with van der Waals surface area (Å²) in [6.07, 6.45) is 0. The molecule has 0 aliphatic carbocycles. The van der Waals surface area contributed by atoms with Crippen LogP contribution in [0, 0.1) is 11.8 Å². The summed E-state index contributed by atoms with van der Waals surface area (Å²) in [5.74, 6) is -3.37. The van der Waals surface area contributed by atoms with Gasteiger partial charge in [0.05, 0.1) is 24.6 Å². The van der Waals surface area contributed by atoms with Crippen LogP contribution in [0.4, 0.5) is 5.69 Å². The number of hydrogen-bond donors (Lipinski definition) is 1. The quantitative estimate of drug-likeness (QED) is 0.426. The average molecular weight is 495 g/mol. The smallest absolute Gasteiger partial charge is 0.331 e. The normalized spacial score (nSPS) is 26.0. The minimum absolute atomic E-state index is 0.397. The van der Waals surface area contributed by atoms with Crippen molar-refractivity contribution < 1.29 is 19.1 Å². The second kappa shape index (κ2) is 8.55. The van der Waals surface area contributed by atoms with E-state index in [1.807, 2.05) is 6.07 Å². The Morgan fingerprint density at radius 1 is 0.882 bits per heavy atom. The highest BCUT2D eigenvalue weighted by molar-refractivity contribution is 6.31. The first-order valence-electron chi connectivity index (χ1n) is 10.7. The third-order valence-electron chi connectivity index (χ3n) is 6.61. The molecule has 34 heavy (non-hydrogen) atoms. The number of nitrogens with one attached hydrogen (secondary N) is 1. The van der Waals surface area contributed by atoms with Crippen molar-refractivity contribution in [3.05, 3.63) is 100 Å². The lowest BCUT2D eigenvalue weighted by Crippen LogP contribution is -2.53. The number of rotatable bonds is 4. The third kappa shape index (κ3) is 3.33. The zero-order valence-electron chi connectivity index (χ0n) is 18.1. The van der Waals surface area contributed by atoms with Crippen molar-refractivity contribution in [2.45, 2.75) is 11.6 Å². The van der Waals surface area contributed by atoms with E-state index in [9.17, 15) is 14.4 Å². The van der Waals surface area contributed by atoms with Crippen LogP contribution in [0.1, 0.15) is 17.2 Å². The maximum Gasteiger partial charge on any atom is 0.331 e. The first kappa shape index (κ1) is 22.6. The Hall–Kier alpha value is -3.19. The van der Waals surface area contributed by atoms with Gasteiger partial charge < -0.3 is 4.74 Å². The summed E-state index contributed by atoms with van der Waals surface area (Å²) in [6, 6.07) is 21.7. The van der Waals surface area contributed by atoms with Crippen LogP contribution in [0.25, 0.3) is 0 Å². The van der Waals surface area contributed by atoms with Gasteiger partial charge in [-0.15, -0.1) is 0 Å². The van der Waals surface area contributed by atoms with E-state index < -0.39 is 41.2 Å². The number of methoxy groups -OCH3 is 1. The van der Waals surface area contributed by atoms with Gasteiger partial charge in [0.25, 0.3) is 0 Å². The minimum atomic E-state index is -1.56. The van der Waals surface area contributed by atoms with E-state index in [1.165, 1.54) is 7.11 Å². The lowest BCUT2D eigenvalue weighted by atomic mass is 9.75. The molecule has 6 nitrogen and oxygen atoms in total. The van der Waals surface area contributed by atoms with Crippen LogP contribution >= 0.6 is 23.2 Å². The minimum Gasteiger partial charge on any atom is -0.467 e. The summed E-state index contributed by atoms with van der Waals surface area (Å²) >= 11 is 12.1. The number of esters is 1. The molecule has 0 saturated carbocycles. The topological polar surface area (TPSA) is 75.7 Å². The maximum absolute atomic E-state index is 13.9. The summed E-state index contributed by atoms with van der Waals surface area (Å²) < 4.78 is 5.22. The van der Waals surface area contributed by atoms with Gasteiger partial charge in [-0.1, -0.05) is 65.7 Å². The highest BCUT2D eigenvalue weighted by Gasteiger charge is 2.69. The molecule has 4 atom stereocenters. The van der Waals surface area contributed by atoms with Crippen LogP contribution in [0.15, 0.2) is 78.9 Å². The van der Waals surface area contributed by atoms with Crippen LogP contribution in [0.2, 0.25) is 10.0 Å². The van der Waals surface area contributed by atoms with Crippen molar-refractivity contribution in [3.63, 3.8) is 0 Å². The molecule has 2 amide bonds. The second-order valence-corrected chi connectivity index (χ2v) is 9.20. The van der Waals surface area contributed by atoms with Crippen molar-refractivity contribution in [2.75, 3.05) is 12.0 Å². The SMILES string of the molecule is COC(=O)[C@]1(c2ccccc2)N[C@H](c2ccc(Cl)cc2)[C@H]2C(=O)N(c3ccc(Cl)cc3)C(=O)[C@@H]21. The average Bonchev–Trinajstić information content (AvgIpc) is 3.35. The molecule has 2 aliphatic heterocycles. The van der Waals surface area contributed by atoms with E-state index in [2.05, 4.69) is 5.32 Å². The number of anilines is 1. The standard InChI is InChI=1S/C26H20Cl2N2O4/c1-34-25(33)26(16-5-3-2-4-6-16)21-20(22(29-26)15-7-9-17(27)10-8-15)23(31)30(24(21)32)19-13-11-18(28)12-14-19/h2-14,20-22,29H,1H3/t20-,21+,22+,26+/m0/s1. The fourth-order valence-corrected chi connectivity index (χ4v) is 5.39. The van der Waals surface area contributed by atoms with Crippen LogP contribution in [0.3, 0.4) is 0 Å². The molecule has 0 bridgehead atoms. The van der Waals surface area contributed by atoms with Crippen molar-refractivity contribution in [3.8, 4) is 0 Å². The largest absolute Gasteiger partial charge is 0.467 e. The van der Waals surface area contributed by atoms with Gasteiger partial charge in [0.2, 0.25) is 11.8 Å². The number of carbonyl (C=O) groups excluding carboxylic acids is 3. The molecule has 3 aromatic rings. The van der Waals surface area contributed by atoms with Gasteiger partial charge in [-0.25, -0.2) is 9.69 Å². The summed E-state index contributed by atoms with van der Waals surface area (Å²) in [7, 11) is 1.28. The Morgan fingerprint density at radius 3 is 2.06 bits per heavy atom. The van der Waals surface area contributed by atoms with Crippen molar-refractivity contribution in [1.29, 1.82) is 0 Å². The van der Waals surface area contributed by atoms with Crippen LogP contribution in [-0.4, -0.2) is 24.9 Å². The molecule has 2 fully saturated rings. The van der Waals surface area contributed by atoms with Gasteiger partial charge in [0, 0.05) is 16.1 Å². The van der Waals surface area contributed by atoms with Crippen LogP contribution in [-0.2, 0) is 24.7 Å². The zero-order valence-corrected chi connectivity index (χ0v) is 19.6. The summed E-state index contributed by atoms with van der Waals surface area (Å²) in [4.78, 5) is 42.3. The van der Waals surface area contributed by atoms with E-state index >= 15 is 0 Å². The Morgan fingerprint density at radius 2 is 1.47 bits per heavy atom. The molecule has 2 aliphatic rings. The van der Waals surface area contributed by atoms with Gasteiger partial charge >= 0.3 is 5.97 Å². The first-order chi connectivity index (χ1) is 16.4. The number of amides is 2. The lowest BCUT2D eigenvalue weighted by molar-refractivity contribution is -0.152. The third-order valence-corrected chi connectivity index (χ3v) is 7.11. The Kier molecular flexibility index (Phi) is 5.68. The predicted molar refractivity (Wildman–Crippen MR) is 128 cm³/mol. The number of hydrogen-bond acceptors (Lipinski definition) is 5. The van der Waals surface area contributed by atoms with E-state index in [1.54, 1.807) is 72.8 Å². The molecule has 2 heterocycles. The molecule has 2 saturated heterocycles. The van der Waals surface area contributed by atoms with Crippen molar-refractivity contribution >= 4 is 46.7 Å². The lowest BCUT2D eigenvalue weighted by Gasteiger charge is -2.33. The van der Waals surface area contributed by atoms with Gasteiger partial charge in [-0.05, 0) is 47.5 Å². The number of benzene rings is 3. The highest BCUT2D eigenvalue weighted by Crippen LogP contribution is 2.54. The van der Waals surface area contributed by atoms with Gasteiger partial charge in [0.1, 0.15) is 0 Å². The van der Waals surface area contributed by atoms with E-state index in [-0.39, 0.29) is 0 Å². The maximum atomic E-state index is 13.9. The number of nitrogens with zero attached hydrogens (tertiary/aromatic N) is 1. The van der Waals surface area contributed by atoms with E-state index in [4.69, 9.17) is 27.9 Å². The number of imide groups is 1. The second-order valence-electron chi connectivity index (χ2n) is 8.33. The van der Waals surface area contributed by atoms with Gasteiger partial charge in [0.15, 0.2) is 5.54 Å². The van der Waals surface area contributed by atoms with E-state index in [0.717, 1.165) is 10.5 Å². The predicted octanol–water partition coefficient (Wildman–Crippen LogP) is 4.51. The molecular weight excluding hydrogens is 475 g/mol. The summed E-state index contributed by atoms with van der Waals surface area (Å²) in [6.45, 7) is 0. The number of ether oxygens (including phenoxy) is 1. The number of halogens is 2. The molecule has 3 aromatic carbocycles.